The van der Waals surface area contributed by atoms with Gasteiger partial charge in [0.2, 0.25) is 0 Å². The van der Waals surface area contributed by atoms with E-state index in [1.165, 1.54) is 4.72 Å². The Morgan fingerprint density at radius 2 is 1.38 bits per heavy atom. The summed E-state index contributed by atoms with van der Waals surface area (Å²) in [5.74, 6) is 0. The van der Waals surface area contributed by atoms with Crippen molar-refractivity contribution in [3.8, 4) is 0 Å². The van der Waals surface area contributed by atoms with Gasteiger partial charge in [-0.2, -0.15) is 22.0 Å². The number of alkyl halides is 5. The first-order valence-corrected chi connectivity index (χ1v) is 8.96. The van der Waals surface area contributed by atoms with Gasteiger partial charge in [-0.25, -0.2) is 13.1 Å². The molecule has 0 heterocycles. The Balaban J connectivity index is 4.03. The van der Waals surface area contributed by atoms with E-state index in [4.69, 9.17) is 0 Å². The highest BCUT2D eigenvalue weighted by Gasteiger charge is 2.54. The maximum absolute atomic E-state index is 13.0. The van der Waals surface area contributed by atoms with Gasteiger partial charge in [0.25, 0.3) is 10.0 Å². The Morgan fingerprint density at radius 3 is 1.86 bits per heavy atom. The van der Waals surface area contributed by atoms with Crippen LogP contribution in [0.2, 0.25) is 0 Å². The lowest BCUT2D eigenvalue weighted by Crippen LogP contribution is -2.39. The number of hydrogen-bond acceptors (Lipinski definition) is 3. The number of sulfonamides is 1. The van der Waals surface area contributed by atoms with Gasteiger partial charge in [0.15, 0.2) is 0 Å². The fourth-order valence-electron chi connectivity index (χ4n) is 1.56. The molecule has 0 saturated heterocycles. The molecule has 0 aliphatic heterocycles. The fraction of sp³-hybridized carbons (Fsp3) is 1.00. The van der Waals surface area contributed by atoms with Crippen LogP contribution in [0.3, 0.4) is 0 Å². The molecule has 10 heteroatoms. The summed E-state index contributed by atoms with van der Waals surface area (Å²) < 4.78 is 80.4. The minimum absolute atomic E-state index is 0.288. The molecule has 0 amide bonds. The van der Waals surface area contributed by atoms with Gasteiger partial charge in [-0.05, 0) is 6.42 Å². The molecule has 0 aromatic heterocycles. The molecule has 0 saturated carbocycles. The Labute approximate surface area is 126 Å². The third-order valence-corrected chi connectivity index (χ3v) is 5.21. The molecule has 1 N–H and O–H groups in total. The Morgan fingerprint density at radius 1 is 0.905 bits per heavy atom. The largest absolute Gasteiger partial charge is 0.448 e. The Hall–Kier alpha value is -0.0900. The van der Waals surface area contributed by atoms with Crippen LogP contribution in [-0.2, 0) is 10.0 Å². The number of nitrogens with one attached hydrogen (secondary N) is 1. The van der Waals surface area contributed by atoms with E-state index in [0.717, 1.165) is 32.1 Å². The molecule has 0 rings (SSSR count). The zero-order chi connectivity index (χ0) is 16.6. The lowest BCUT2D eigenvalue weighted by atomic mass is 10.1. The molecule has 21 heavy (non-hydrogen) atoms. The van der Waals surface area contributed by atoms with Gasteiger partial charge in [0.05, 0.1) is 0 Å². The van der Waals surface area contributed by atoms with Crippen molar-refractivity contribution >= 4 is 21.8 Å². The van der Waals surface area contributed by atoms with Crippen molar-refractivity contribution in [2.45, 2.75) is 62.0 Å². The summed E-state index contributed by atoms with van der Waals surface area (Å²) in [7, 11) is -5.33. The normalized spacial score (nSPS) is 13.6. The van der Waals surface area contributed by atoms with Crippen LogP contribution in [0.5, 0.6) is 0 Å². The zero-order valence-electron chi connectivity index (χ0n) is 11.7. The molecule has 0 unspecified atom stereocenters. The molecule has 0 aliphatic carbocycles. The molecule has 3 nitrogen and oxygen atoms in total. The number of hydrogen-bond donors (Lipinski definition) is 1. The predicted molar refractivity (Wildman–Crippen MR) is 73.5 cm³/mol. The molecule has 0 fully saturated rings. The van der Waals surface area contributed by atoms with Crippen LogP contribution in [0.15, 0.2) is 0 Å². The molecule has 0 radical (unpaired) electrons. The molecular formula is C11H20F5NO2S2. The van der Waals surface area contributed by atoms with Crippen LogP contribution in [-0.4, -0.2) is 25.1 Å². The van der Waals surface area contributed by atoms with Crippen LogP contribution in [0.25, 0.3) is 0 Å². The van der Waals surface area contributed by atoms with Crippen molar-refractivity contribution in [1.82, 2.24) is 4.72 Å². The monoisotopic (exact) mass is 357 g/mol. The topological polar surface area (TPSA) is 46.2 Å². The van der Waals surface area contributed by atoms with Crippen LogP contribution in [0.1, 0.15) is 51.9 Å². The molecule has 0 atom stereocenters. The summed E-state index contributed by atoms with van der Waals surface area (Å²) in [6.07, 6.45) is 6.03. The predicted octanol–water partition coefficient (Wildman–Crippen LogP) is 4.46. The minimum atomic E-state index is -5.33. The van der Waals surface area contributed by atoms with Crippen molar-refractivity contribution in [2.24, 2.45) is 0 Å². The summed E-state index contributed by atoms with van der Waals surface area (Å²) >= 11 is -1.84. The highest BCUT2D eigenvalue weighted by molar-refractivity contribution is 8.13. The summed E-state index contributed by atoms with van der Waals surface area (Å²) in [5, 5.41) is 0. The molecular weight excluding hydrogens is 337 g/mol. The molecule has 0 aromatic carbocycles. The summed E-state index contributed by atoms with van der Waals surface area (Å²) in [6, 6.07) is 0. The third-order valence-electron chi connectivity index (χ3n) is 2.62. The van der Waals surface area contributed by atoms with E-state index >= 15 is 0 Å². The smallest absolute Gasteiger partial charge is 0.209 e. The van der Waals surface area contributed by atoms with Crippen LogP contribution >= 0.6 is 11.8 Å². The van der Waals surface area contributed by atoms with Gasteiger partial charge < -0.3 is 0 Å². The van der Waals surface area contributed by atoms with Gasteiger partial charge in [0, 0.05) is 18.3 Å². The highest BCUT2D eigenvalue weighted by atomic mass is 32.3. The fourth-order valence-corrected chi connectivity index (χ4v) is 3.31. The van der Waals surface area contributed by atoms with Crippen molar-refractivity contribution in [1.29, 1.82) is 0 Å². The van der Waals surface area contributed by atoms with E-state index in [9.17, 15) is 30.4 Å². The molecule has 0 bridgehead atoms. The van der Waals surface area contributed by atoms with Crippen molar-refractivity contribution < 1.29 is 30.4 Å². The number of unbranched alkanes of at least 4 members (excludes halogenated alkanes) is 6. The van der Waals surface area contributed by atoms with Gasteiger partial charge in [-0.15, -0.1) is 0 Å². The van der Waals surface area contributed by atoms with Crippen molar-refractivity contribution in [3.05, 3.63) is 0 Å². The second kappa shape index (κ2) is 9.14. The first kappa shape index (κ1) is 20.9. The third kappa shape index (κ3) is 9.51. The molecule has 0 spiro atoms. The molecule has 0 aromatic rings. The van der Waals surface area contributed by atoms with E-state index in [2.05, 4.69) is 6.92 Å². The number of thioether (sulfide) groups is 1. The van der Waals surface area contributed by atoms with Gasteiger partial charge in [-0.1, -0.05) is 45.4 Å². The maximum atomic E-state index is 13.0. The van der Waals surface area contributed by atoms with Crippen LogP contribution < -0.4 is 4.72 Å². The first-order chi connectivity index (χ1) is 9.52. The second-order valence-electron chi connectivity index (χ2n) is 4.53. The average molecular weight is 357 g/mol. The molecule has 128 valence electrons. The SMILES string of the molecule is CCCCCCCCCNS(=O)(=O)C(F)(F)SC(F)(F)F. The van der Waals surface area contributed by atoms with Gasteiger partial charge in [-0.3, -0.25) is 0 Å². The average Bonchev–Trinajstić information content (AvgIpc) is 2.29. The second-order valence-corrected chi connectivity index (χ2v) is 7.78. The van der Waals surface area contributed by atoms with Crippen LogP contribution in [0, 0.1) is 0 Å². The standard InChI is InChI=1S/C11H20F5NO2S2/c1-2-3-4-5-6-7-8-9-17-21(18,19)11(15,16)20-10(12,13)14/h17H,2-9H2,1H3. The Bertz CT molecular complexity index is 385. The summed E-state index contributed by atoms with van der Waals surface area (Å²) in [5.41, 5.74) is -5.32. The Kier molecular flexibility index (Phi) is 9.10. The van der Waals surface area contributed by atoms with Crippen LogP contribution in [0.4, 0.5) is 22.0 Å². The summed E-state index contributed by atoms with van der Waals surface area (Å²) in [4.78, 5) is 0. The van der Waals surface area contributed by atoms with Crippen molar-refractivity contribution in [2.75, 3.05) is 6.54 Å². The van der Waals surface area contributed by atoms with E-state index in [1.54, 1.807) is 0 Å². The van der Waals surface area contributed by atoms with E-state index in [-0.39, 0.29) is 6.54 Å². The molecule has 0 aliphatic rings. The minimum Gasteiger partial charge on any atom is -0.209 e. The highest BCUT2D eigenvalue weighted by Crippen LogP contribution is 2.45. The number of halogens is 5. The van der Waals surface area contributed by atoms with Crippen molar-refractivity contribution in [3.63, 3.8) is 0 Å². The zero-order valence-corrected chi connectivity index (χ0v) is 13.3. The van der Waals surface area contributed by atoms with E-state index in [0.29, 0.717) is 12.8 Å². The lowest BCUT2D eigenvalue weighted by Gasteiger charge is -2.17. The van der Waals surface area contributed by atoms with Gasteiger partial charge in [0.1, 0.15) is 0 Å². The summed E-state index contributed by atoms with van der Waals surface area (Å²) in [6.45, 7) is 1.78. The number of rotatable bonds is 11. The lowest BCUT2D eigenvalue weighted by molar-refractivity contribution is -0.0374. The van der Waals surface area contributed by atoms with Gasteiger partial charge >= 0.3 is 10.1 Å². The maximum Gasteiger partial charge on any atom is 0.448 e. The quantitative estimate of drug-likeness (QED) is 0.439. The van der Waals surface area contributed by atoms with E-state index in [1.807, 2.05) is 0 Å². The van der Waals surface area contributed by atoms with E-state index < -0.39 is 31.9 Å². The first-order valence-electron chi connectivity index (χ1n) is 6.66.